The van der Waals surface area contributed by atoms with Gasteiger partial charge in [-0.15, -0.1) is 4.83 Å². The Morgan fingerprint density at radius 1 is 1.38 bits per heavy atom. The summed E-state index contributed by atoms with van der Waals surface area (Å²) in [5, 5.41) is 4.72. The van der Waals surface area contributed by atoms with Crippen LogP contribution in [0.25, 0.3) is 0 Å². The van der Waals surface area contributed by atoms with E-state index in [1.807, 2.05) is 23.9 Å². The third-order valence-corrected chi connectivity index (χ3v) is 1.74. The van der Waals surface area contributed by atoms with Gasteiger partial charge in [0.15, 0.2) is 0 Å². The minimum atomic E-state index is -3.70. The lowest BCUT2D eigenvalue weighted by Gasteiger charge is -2.05. The van der Waals surface area contributed by atoms with E-state index >= 15 is 0 Å². The quantitative estimate of drug-likeness (QED) is 0.607. The molecule has 0 fully saturated rings. The molecule has 1 aromatic rings. The fraction of sp³-hybridized carbons (Fsp3) is 0.143. The first-order chi connectivity index (χ1) is 5.97. The highest BCUT2D eigenvalue weighted by Crippen LogP contribution is 2.07. The van der Waals surface area contributed by atoms with Crippen molar-refractivity contribution in [3.8, 4) is 0 Å². The normalized spacial score (nSPS) is 11.2. The first-order valence-electron chi connectivity index (χ1n) is 3.59. The largest absolute Gasteiger partial charge is 0.307 e. The molecular formula is C7H11N3O2S. The summed E-state index contributed by atoms with van der Waals surface area (Å²) in [7, 11) is -3.70. The van der Waals surface area contributed by atoms with Crippen molar-refractivity contribution < 1.29 is 8.42 Å². The molecule has 0 spiro atoms. The number of aryl methyl sites for hydroxylation is 1. The van der Waals surface area contributed by atoms with Crippen molar-refractivity contribution in [2.24, 2.45) is 5.14 Å². The second-order valence-electron chi connectivity index (χ2n) is 2.64. The summed E-state index contributed by atoms with van der Waals surface area (Å²) >= 11 is 0. The van der Waals surface area contributed by atoms with Crippen molar-refractivity contribution in [1.29, 1.82) is 0 Å². The zero-order chi connectivity index (χ0) is 9.90. The van der Waals surface area contributed by atoms with Gasteiger partial charge in [-0.2, -0.15) is 8.42 Å². The van der Waals surface area contributed by atoms with Crippen LogP contribution in [-0.4, -0.2) is 8.42 Å². The number of rotatable bonds is 3. The van der Waals surface area contributed by atoms with E-state index < -0.39 is 10.2 Å². The Bertz CT molecular complexity index is 388. The van der Waals surface area contributed by atoms with Crippen molar-refractivity contribution in [2.75, 3.05) is 5.43 Å². The molecule has 13 heavy (non-hydrogen) atoms. The standard InChI is InChI=1S/C7H11N3O2S/c1-6-3-2-4-7(5-6)9-10-13(8,11)12/h2-5,9-10H,1H3,(H2,8,11,12). The molecule has 0 bridgehead atoms. The molecule has 1 rings (SSSR count). The predicted molar refractivity (Wildman–Crippen MR) is 51.0 cm³/mol. The molecule has 0 saturated heterocycles. The first kappa shape index (κ1) is 9.97. The van der Waals surface area contributed by atoms with Crippen molar-refractivity contribution in [2.45, 2.75) is 6.92 Å². The maximum Gasteiger partial charge on any atom is 0.291 e. The summed E-state index contributed by atoms with van der Waals surface area (Å²) in [4.78, 5) is 1.97. The van der Waals surface area contributed by atoms with E-state index in [1.54, 1.807) is 12.1 Å². The van der Waals surface area contributed by atoms with Gasteiger partial charge in [-0.1, -0.05) is 12.1 Å². The summed E-state index contributed by atoms with van der Waals surface area (Å²) in [5.41, 5.74) is 4.14. The van der Waals surface area contributed by atoms with Gasteiger partial charge in [-0.3, -0.25) is 0 Å². The van der Waals surface area contributed by atoms with E-state index in [4.69, 9.17) is 5.14 Å². The molecule has 72 valence electrons. The summed E-state index contributed by atoms with van der Waals surface area (Å²) in [5.74, 6) is 0. The number of hydrogen-bond acceptors (Lipinski definition) is 3. The van der Waals surface area contributed by atoms with Gasteiger partial charge < -0.3 is 5.43 Å². The molecular weight excluding hydrogens is 190 g/mol. The molecule has 0 aliphatic rings. The first-order valence-corrected chi connectivity index (χ1v) is 5.14. The highest BCUT2D eigenvalue weighted by Gasteiger charge is 1.98. The number of nitrogens with two attached hydrogens (primary N) is 1. The van der Waals surface area contributed by atoms with Crippen LogP contribution in [0.15, 0.2) is 24.3 Å². The Hall–Kier alpha value is -1.11. The minimum absolute atomic E-state index is 0.647. The Kier molecular flexibility index (Phi) is 2.86. The minimum Gasteiger partial charge on any atom is -0.307 e. The maximum absolute atomic E-state index is 10.5. The van der Waals surface area contributed by atoms with Crippen LogP contribution in [0.2, 0.25) is 0 Å². The van der Waals surface area contributed by atoms with E-state index in [-0.39, 0.29) is 0 Å². The number of benzene rings is 1. The van der Waals surface area contributed by atoms with E-state index in [9.17, 15) is 8.42 Å². The molecule has 5 nitrogen and oxygen atoms in total. The van der Waals surface area contributed by atoms with Crippen LogP contribution in [0.5, 0.6) is 0 Å². The molecule has 0 unspecified atom stereocenters. The van der Waals surface area contributed by atoms with E-state index in [1.165, 1.54) is 0 Å². The van der Waals surface area contributed by atoms with E-state index in [0.29, 0.717) is 5.69 Å². The van der Waals surface area contributed by atoms with Gasteiger partial charge in [0.2, 0.25) is 0 Å². The zero-order valence-electron chi connectivity index (χ0n) is 7.11. The van der Waals surface area contributed by atoms with Gasteiger partial charge in [-0.05, 0) is 24.6 Å². The van der Waals surface area contributed by atoms with Crippen LogP contribution in [0, 0.1) is 6.92 Å². The fourth-order valence-corrected chi connectivity index (χ4v) is 1.11. The Morgan fingerprint density at radius 2 is 2.08 bits per heavy atom. The van der Waals surface area contributed by atoms with Crippen LogP contribution in [0.1, 0.15) is 5.56 Å². The van der Waals surface area contributed by atoms with Crippen molar-refractivity contribution in [1.82, 2.24) is 4.83 Å². The number of nitrogens with one attached hydrogen (secondary N) is 2. The molecule has 0 heterocycles. The second kappa shape index (κ2) is 3.73. The maximum atomic E-state index is 10.5. The molecule has 0 atom stereocenters. The third kappa shape index (κ3) is 3.88. The van der Waals surface area contributed by atoms with Crippen LogP contribution >= 0.6 is 0 Å². The Labute approximate surface area is 77.1 Å². The molecule has 0 aliphatic heterocycles. The summed E-state index contributed by atoms with van der Waals surface area (Å²) in [6, 6.07) is 7.23. The molecule has 0 radical (unpaired) electrons. The highest BCUT2D eigenvalue weighted by atomic mass is 32.2. The summed E-state index contributed by atoms with van der Waals surface area (Å²) < 4.78 is 21.0. The zero-order valence-corrected chi connectivity index (χ0v) is 7.93. The van der Waals surface area contributed by atoms with Crippen LogP contribution in [0.4, 0.5) is 5.69 Å². The molecule has 1 aromatic carbocycles. The topological polar surface area (TPSA) is 84.2 Å². The SMILES string of the molecule is Cc1cccc(NNS(N)(=O)=O)c1. The predicted octanol–water partition coefficient (Wildman–Crippen LogP) is 0.115. The van der Waals surface area contributed by atoms with Crippen molar-refractivity contribution in [3.05, 3.63) is 29.8 Å². The molecule has 0 aliphatic carbocycles. The van der Waals surface area contributed by atoms with Crippen LogP contribution in [0.3, 0.4) is 0 Å². The average Bonchev–Trinajstić information content (AvgIpc) is 2.00. The number of hydrogen-bond donors (Lipinski definition) is 3. The van der Waals surface area contributed by atoms with Gasteiger partial charge in [0, 0.05) is 0 Å². The van der Waals surface area contributed by atoms with E-state index in [2.05, 4.69) is 5.43 Å². The van der Waals surface area contributed by atoms with Gasteiger partial charge in [0.25, 0.3) is 10.2 Å². The molecule has 0 aromatic heterocycles. The van der Waals surface area contributed by atoms with Crippen molar-refractivity contribution in [3.63, 3.8) is 0 Å². The summed E-state index contributed by atoms with van der Waals surface area (Å²) in [6.45, 7) is 1.90. The lowest BCUT2D eigenvalue weighted by Crippen LogP contribution is -2.35. The highest BCUT2D eigenvalue weighted by molar-refractivity contribution is 7.87. The lowest BCUT2D eigenvalue weighted by atomic mass is 10.2. The van der Waals surface area contributed by atoms with Crippen LogP contribution < -0.4 is 15.4 Å². The summed E-state index contributed by atoms with van der Waals surface area (Å²) in [6.07, 6.45) is 0. The smallest absolute Gasteiger partial charge is 0.291 e. The molecule has 6 heteroatoms. The van der Waals surface area contributed by atoms with Gasteiger partial charge in [0.1, 0.15) is 0 Å². The van der Waals surface area contributed by atoms with Gasteiger partial charge >= 0.3 is 0 Å². The molecule has 4 N–H and O–H groups in total. The van der Waals surface area contributed by atoms with Crippen LogP contribution in [-0.2, 0) is 10.2 Å². The number of hydrazine groups is 1. The van der Waals surface area contributed by atoms with Crippen molar-refractivity contribution >= 4 is 15.9 Å². The number of anilines is 1. The molecule has 0 amide bonds. The second-order valence-corrected chi connectivity index (χ2v) is 3.94. The van der Waals surface area contributed by atoms with E-state index in [0.717, 1.165) is 5.56 Å². The Morgan fingerprint density at radius 3 is 2.62 bits per heavy atom. The van der Waals surface area contributed by atoms with Gasteiger partial charge in [0.05, 0.1) is 5.69 Å². The fourth-order valence-electron chi connectivity index (χ4n) is 0.853. The molecule has 0 saturated carbocycles. The average molecular weight is 201 g/mol. The third-order valence-electron chi connectivity index (χ3n) is 1.36. The lowest BCUT2D eigenvalue weighted by molar-refractivity contribution is 0.589. The monoisotopic (exact) mass is 201 g/mol. The Balaban J connectivity index is 2.65. The van der Waals surface area contributed by atoms with Gasteiger partial charge in [-0.25, -0.2) is 5.14 Å².